The van der Waals surface area contributed by atoms with E-state index in [2.05, 4.69) is 18.8 Å². The third kappa shape index (κ3) is 2.98. The van der Waals surface area contributed by atoms with E-state index in [1.807, 2.05) is 12.3 Å². The van der Waals surface area contributed by atoms with Gasteiger partial charge in [0.25, 0.3) is 0 Å². The minimum absolute atomic E-state index is 0.456. The Morgan fingerprint density at radius 2 is 2.23 bits per heavy atom. The van der Waals surface area contributed by atoms with Crippen molar-refractivity contribution in [2.45, 2.75) is 26.8 Å². The molecule has 0 spiro atoms. The lowest BCUT2D eigenvalue weighted by atomic mass is 10.0. The molecule has 0 bridgehead atoms. The van der Waals surface area contributed by atoms with Gasteiger partial charge in [-0.3, -0.25) is 0 Å². The van der Waals surface area contributed by atoms with E-state index in [0.717, 1.165) is 12.0 Å². The Balaban J connectivity index is 2.86. The molecule has 72 valence electrons. The van der Waals surface area contributed by atoms with Crippen molar-refractivity contribution >= 4 is 11.6 Å². The van der Waals surface area contributed by atoms with Gasteiger partial charge in [0.2, 0.25) is 0 Å². The van der Waals surface area contributed by atoms with Crippen LogP contribution < -0.4 is 5.73 Å². The lowest BCUT2D eigenvalue weighted by Gasteiger charge is -2.06. The molecule has 1 rings (SSSR count). The monoisotopic (exact) mass is 198 g/mol. The fraction of sp³-hybridized carbons (Fsp3) is 0.500. The zero-order chi connectivity index (χ0) is 9.84. The van der Waals surface area contributed by atoms with E-state index < -0.39 is 0 Å². The molecule has 1 heterocycles. The maximum absolute atomic E-state index is 5.84. The molecule has 2 N–H and O–H groups in total. The number of halogens is 1. The number of aromatic nitrogens is 1. The van der Waals surface area contributed by atoms with Gasteiger partial charge in [0.05, 0.1) is 0 Å². The number of pyridine rings is 1. The molecular weight excluding hydrogens is 184 g/mol. The van der Waals surface area contributed by atoms with Crippen LogP contribution >= 0.6 is 11.6 Å². The highest BCUT2D eigenvalue weighted by molar-refractivity contribution is 6.30. The summed E-state index contributed by atoms with van der Waals surface area (Å²) in [6, 6.07) is 2.04. The van der Waals surface area contributed by atoms with Crippen molar-refractivity contribution in [1.29, 1.82) is 0 Å². The zero-order valence-corrected chi connectivity index (χ0v) is 8.80. The van der Waals surface area contributed by atoms with Gasteiger partial charge >= 0.3 is 0 Å². The molecule has 0 saturated carbocycles. The van der Waals surface area contributed by atoms with Crippen LogP contribution in [0.3, 0.4) is 0 Å². The highest BCUT2D eigenvalue weighted by atomic mass is 35.5. The highest BCUT2D eigenvalue weighted by Crippen LogP contribution is 2.15. The van der Waals surface area contributed by atoms with Gasteiger partial charge in [-0.05, 0) is 24.0 Å². The molecule has 1 aromatic heterocycles. The maximum Gasteiger partial charge on any atom is 0.133 e. The predicted molar refractivity (Wildman–Crippen MR) is 55.7 cm³/mol. The van der Waals surface area contributed by atoms with E-state index >= 15 is 0 Å². The van der Waals surface area contributed by atoms with Gasteiger partial charge < -0.3 is 5.73 Å². The molecule has 1 aromatic rings. The number of hydrogen-bond acceptors (Lipinski definition) is 2. The average molecular weight is 199 g/mol. The van der Waals surface area contributed by atoms with Gasteiger partial charge in [-0.1, -0.05) is 25.4 Å². The summed E-state index contributed by atoms with van der Waals surface area (Å²) in [6.07, 6.45) is 2.85. The SMILES string of the molecule is CC(C)Cc1cnc(Cl)c(CN)c1. The first-order valence-electron chi connectivity index (χ1n) is 4.47. The zero-order valence-electron chi connectivity index (χ0n) is 8.05. The molecule has 13 heavy (non-hydrogen) atoms. The van der Waals surface area contributed by atoms with Crippen LogP contribution in [0.1, 0.15) is 25.0 Å². The number of rotatable bonds is 3. The van der Waals surface area contributed by atoms with Crippen LogP contribution in [0.4, 0.5) is 0 Å². The summed E-state index contributed by atoms with van der Waals surface area (Å²) in [4.78, 5) is 4.09. The minimum atomic E-state index is 0.456. The van der Waals surface area contributed by atoms with Crippen LogP contribution in [-0.4, -0.2) is 4.98 Å². The van der Waals surface area contributed by atoms with Gasteiger partial charge in [0.15, 0.2) is 0 Å². The van der Waals surface area contributed by atoms with Crippen LogP contribution in [0, 0.1) is 5.92 Å². The molecule has 0 aliphatic rings. The second-order valence-electron chi connectivity index (χ2n) is 3.60. The Labute approximate surface area is 84.1 Å². The van der Waals surface area contributed by atoms with Crippen molar-refractivity contribution in [2.75, 3.05) is 0 Å². The molecule has 0 saturated heterocycles. The average Bonchev–Trinajstić information content (AvgIpc) is 2.07. The normalized spacial score (nSPS) is 10.8. The van der Waals surface area contributed by atoms with E-state index in [-0.39, 0.29) is 0 Å². The Bertz CT molecular complexity index is 284. The summed E-state index contributed by atoms with van der Waals surface area (Å²) in [6.45, 7) is 4.81. The molecule has 2 nitrogen and oxygen atoms in total. The van der Waals surface area contributed by atoms with Gasteiger partial charge in [-0.15, -0.1) is 0 Å². The maximum atomic E-state index is 5.84. The van der Waals surface area contributed by atoms with Gasteiger partial charge in [0.1, 0.15) is 5.15 Å². The lowest BCUT2D eigenvalue weighted by Crippen LogP contribution is -2.02. The van der Waals surface area contributed by atoms with Gasteiger partial charge in [-0.2, -0.15) is 0 Å². The smallest absolute Gasteiger partial charge is 0.133 e. The molecule has 0 aliphatic heterocycles. The summed E-state index contributed by atoms with van der Waals surface area (Å²) >= 11 is 5.84. The minimum Gasteiger partial charge on any atom is -0.326 e. The van der Waals surface area contributed by atoms with Crippen molar-refractivity contribution in [3.05, 3.63) is 28.5 Å². The van der Waals surface area contributed by atoms with Crippen molar-refractivity contribution in [3.8, 4) is 0 Å². The third-order valence-corrected chi connectivity index (χ3v) is 2.17. The first-order chi connectivity index (χ1) is 6.13. The third-order valence-electron chi connectivity index (χ3n) is 1.83. The quantitative estimate of drug-likeness (QED) is 0.758. The van der Waals surface area contributed by atoms with Crippen molar-refractivity contribution < 1.29 is 0 Å². The largest absolute Gasteiger partial charge is 0.326 e. The van der Waals surface area contributed by atoms with E-state index in [0.29, 0.717) is 17.6 Å². The molecule has 0 unspecified atom stereocenters. The molecule has 0 radical (unpaired) electrons. The summed E-state index contributed by atoms with van der Waals surface area (Å²) in [5.41, 5.74) is 7.66. The standard InChI is InChI=1S/C10H15ClN2/c1-7(2)3-8-4-9(5-12)10(11)13-6-8/h4,6-7H,3,5,12H2,1-2H3. The lowest BCUT2D eigenvalue weighted by molar-refractivity contribution is 0.645. The molecular formula is C10H15ClN2. The van der Waals surface area contributed by atoms with Crippen molar-refractivity contribution in [1.82, 2.24) is 4.98 Å². The fourth-order valence-corrected chi connectivity index (χ4v) is 1.45. The van der Waals surface area contributed by atoms with Crippen LogP contribution in [0.25, 0.3) is 0 Å². The molecule has 0 aromatic carbocycles. The van der Waals surface area contributed by atoms with Crippen LogP contribution in [0.5, 0.6) is 0 Å². The summed E-state index contributed by atoms with van der Waals surface area (Å²) in [5, 5.41) is 0.523. The predicted octanol–water partition coefficient (Wildman–Crippen LogP) is 2.39. The Hall–Kier alpha value is -0.600. The number of hydrogen-bond donors (Lipinski definition) is 1. The van der Waals surface area contributed by atoms with Crippen molar-refractivity contribution in [2.24, 2.45) is 11.7 Å². The van der Waals surface area contributed by atoms with E-state index in [9.17, 15) is 0 Å². The van der Waals surface area contributed by atoms with Gasteiger partial charge in [-0.25, -0.2) is 4.98 Å². The molecule has 0 amide bonds. The molecule has 0 fully saturated rings. The second-order valence-corrected chi connectivity index (χ2v) is 3.95. The summed E-state index contributed by atoms with van der Waals surface area (Å²) in [7, 11) is 0. The topological polar surface area (TPSA) is 38.9 Å². The fourth-order valence-electron chi connectivity index (χ4n) is 1.27. The first kappa shape index (κ1) is 10.5. The van der Waals surface area contributed by atoms with E-state index in [4.69, 9.17) is 17.3 Å². The Kier molecular flexibility index (Phi) is 3.70. The number of nitrogens with two attached hydrogens (primary N) is 1. The van der Waals surface area contributed by atoms with Crippen LogP contribution in [0.2, 0.25) is 5.15 Å². The number of nitrogens with zero attached hydrogens (tertiary/aromatic N) is 1. The molecule has 0 aliphatic carbocycles. The van der Waals surface area contributed by atoms with E-state index in [1.54, 1.807) is 0 Å². The molecule has 3 heteroatoms. The van der Waals surface area contributed by atoms with Crippen LogP contribution in [-0.2, 0) is 13.0 Å². The summed E-state index contributed by atoms with van der Waals surface area (Å²) in [5.74, 6) is 0.633. The Morgan fingerprint density at radius 1 is 1.54 bits per heavy atom. The van der Waals surface area contributed by atoms with Gasteiger partial charge in [0, 0.05) is 18.3 Å². The van der Waals surface area contributed by atoms with Crippen molar-refractivity contribution in [3.63, 3.8) is 0 Å². The first-order valence-corrected chi connectivity index (χ1v) is 4.84. The van der Waals surface area contributed by atoms with Crippen LogP contribution in [0.15, 0.2) is 12.3 Å². The second kappa shape index (κ2) is 4.58. The Morgan fingerprint density at radius 3 is 2.77 bits per heavy atom. The highest BCUT2D eigenvalue weighted by Gasteiger charge is 2.03. The van der Waals surface area contributed by atoms with E-state index in [1.165, 1.54) is 5.56 Å². The molecule has 0 atom stereocenters. The summed E-state index contributed by atoms with van der Waals surface area (Å²) < 4.78 is 0.